The number of aromatic nitrogens is 1. The zero-order chi connectivity index (χ0) is 32.4. The van der Waals surface area contributed by atoms with Crippen LogP contribution in [0.15, 0.2) is 30.5 Å². The van der Waals surface area contributed by atoms with Crippen molar-refractivity contribution in [2.24, 2.45) is 11.8 Å². The van der Waals surface area contributed by atoms with E-state index in [1.54, 1.807) is 24.3 Å². The number of rotatable bonds is 12. The predicted octanol–water partition coefficient (Wildman–Crippen LogP) is 1.83. The van der Waals surface area contributed by atoms with E-state index < -0.39 is 78.6 Å². The van der Waals surface area contributed by atoms with Gasteiger partial charge >= 0.3 is 11.9 Å². The second-order valence-corrected chi connectivity index (χ2v) is 11.3. The molecule has 1 aliphatic rings. The molecule has 3 amide bonds. The first-order valence-electron chi connectivity index (χ1n) is 15.0. The van der Waals surface area contributed by atoms with Crippen molar-refractivity contribution >= 4 is 46.3 Å². The molecule has 1 saturated heterocycles. The van der Waals surface area contributed by atoms with Gasteiger partial charge in [-0.1, -0.05) is 64.7 Å². The van der Waals surface area contributed by atoms with Gasteiger partial charge in [-0.25, -0.2) is 4.79 Å². The van der Waals surface area contributed by atoms with Crippen molar-refractivity contribution in [2.75, 3.05) is 6.61 Å². The minimum Gasteiger partial charge on any atom is -0.481 e. The quantitative estimate of drug-likeness (QED) is 0.0892. The van der Waals surface area contributed by atoms with Gasteiger partial charge in [-0.3, -0.25) is 24.0 Å². The summed E-state index contributed by atoms with van der Waals surface area (Å²) in [6, 6.07) is 1.89. The SMILES string of the molecule is CCCCCCC(C)C1OC(=O)C(CO)NC(=O)C(C(=O)c2c[nH]c3ccccc23)NC(=O)C(CCC(=O)O)NC(=O)C1C. The van der Waals surface area contributed by atoms with Gasteiger partial charge in [0.15, 0.2) is 17.9 Å². The Bertz CT molecular complexity index is 1360. The van der Waals surface area contributed by atoms with Crippen LogP contribution in [-0.2, 0) is 28.7 Å². The Morgan fingerprint density at radius 2 is 1.66 bits per heavy atom. The molecule has 13 heteroatoms. The minimum absolute atomic E-state index is 0.0743. The number of aliphatic hydroxyl groups is 1. The summed E-state index contributed by atoms with van der Waals surface area (Å²) in [6.45, 7) is 4.55. The normalized spacial score (nSPS) is 24.1. The topological polar surface area (TPSA) is 204 Å². The molecule has 1 fully saturated rings. The molecule has 44 heavy (non-hydrogen) atoms. The number of carboxylic acid groups (broad SMARTS) is 1. The van der Waals surface area contributed by atoms with E-state index in [4.69, 9.17) is 4.74 Å². The molecule has 1 aliphatic heterocycles. The van der Waals surface area contributed by atoms with Gasteiger partial charge in [0.1, 0.15) is 12.1 Å². The summed E-state index contributed by atoms with van der Waals surface area (Å²) >= 11 is 0. The predicted molar refractivity (Wildman–Crippen MR) is 159 cm³/mol. The van der Waals surface area contributed by atoms with Crippen molar-refractivity contribution in [3.05, 3.63) is 36.0 Å². The van der Waals surface area contributed by atoms with Crippen LogP contribution in [0.4, 0.5) is 0 Å². The van der Waals surface area contributed by atoms with E-state index in [1.165, 1.54) is 13.1 Å². The van der Waals surface area contributed by atoms with Crippen LogP contribution in [0.3, 0.4) is 0 Å². The van der Waals surface area contributed by atoms with Gasteiger partial charge in [0, 0.05) is 29.1 Å². The molecule has 1 aromatic heterocycles. The van der Waals surface area contributed by atoms with Crippen molar-refractivity contribution in [1.29, 1.82) is 0 Å². The zero-order valence-electron chi connectivity index (χ0n) is 25.3. The lowest BCUT2D eigenvalue weighted by molar-refractivity contribution is -0.161. The molecule has 0 bridgehead atoms. The molecular formula is C31H42N4O9. The number of ketones is 1. The third-order valence-electron chi connectivity index (χ3n) is 7.96. The highest BCUT2D eigenvalue weighted by molar-refractivity contribution is 6.20. The number of benzene rings is 1. The number of nitrogens with one attached hydrogen (secondary N) is 4. The second-order valence-electron chi connectivity index (χ2n) is 11.3. The Kier molecular flexibility index (Phi) is 12.4. The molecule has 0 saturated carbocycles. The average molecular weight is 615 g/mol. The van der Waals surface area contributed by atoms with Crippen LogP contribution in [0.25, 0.3) is 10.9 Å². The number of Topliss-reactive ketones (excluding diaryl/α,β-unsaturated/α-hetero) is 1. The first kappa shape index (κ1) is 34.2. The Hall–Kier alpha value is -4.26. The summed E-state index contributed by atoms with van der Waals surface area (Å²) in [7, 11) is 0. The summed E-state index contributed by atoms with van der Waals surface area (Å²) in [5, 5.41) is 27.0. The number of carbonyl (C=O) groups is 6. The molecule has 13 nitrogen and oxygen atoms in total. The molecule has 0 radical (unpaired) electrons. The number of ether oxygens (including phenoxy) is 1. The van der Waals surface area contributed by atoms with E-state index in [0.29, 0.717) is 17.3 Å². The maximum absolute atomic E-state index is 13.7. The molecule has 6 unspecified atom stereocenters. The molecule has 2 aromatic rings. The highest BCUT2D eigenvalue weighted by Gasteiger charge is 2.40. The molecule has 6 atom stereocenters. The van der Waals surface area contributed by atoms with Crippen LogP contribution >= 0.6 is 0 Å². The zero-order valence-corrected chi connectivity index (χ0v) is 25.3. The second kappa shape index (κ2) is 16.0. The Morgan fingerprint density at radius 1 is 0.955 bits per heavy atom. The van der Waals surface area contributed by atoms with Crippen LogP contribution < -0.4 is 16.0 Å². The number of amides is 3. The number of para-hydroxylation sites is 1. The van der Waals surface area contributed by atoms with Crippen molar-refractivity contribution in [3.8, 4) is 0 Å². The lowest BCUT2D eigenvalue weighted by atomic mass is 9.88. The molecule has 2 heterocycles. The van der Waals surface area contributed by atoms with Crippen LogP contribution in [-0.4, -0.2) is 81.5 Å². The van der Waals surface area contributed by atoms with E-state index in [9.17, 15) is 39.0 Å². The number of hydrogen-bond acceptors (Lipinski definition) is 8. The summed E-state index contributed by atoms with van der Waals surface area (Å²) in [6.07, 6.45) is 4.00. The van der Waals surface area contributed by atoms with Gasteiger partial charge in [-0.05, 0) is 24.8 Å². The van der Waals surface area contributed by atoms with Crippen LogP contribution in [0, 0.1) is 11.8 Å². The minimum atomic E-state index is -1.89. The molecule has 0 aliphatic carbocycles. The van der Waals surface area contributed by atoms with Gasteiger partial charge in [0.25, 0.3) is 5.91 Å². The van der Waals surface area contributed by atoms with Crippen LogP contribution in [0.5, 0.6) is 0 Å². The Morgan fingerprint density at radius 3 is 2.34 bits per heavy atom. The van der Waals surface area contributed by atoms with Crippen LogP contribution in [0.2, 0.25) is 0 Å². The standard InChI is InChI=1S/C31H42N4O9/c1-4-5-6-7-10-17(2)27-18(3)28(40)33-22(13-14-24(37)38)29(41)35-25(30(42)34-23(16-36)31(43)44-27)26(39)20-15-32-21-12-9-8-11-19(20)21/h8-9,11-12,15,17-18,22-23,25,27,32,36H,4-7,10,13-14,16H2,1-3H3,(H,33,40)(H,34,42)(H,35,41)(H,37,38). The maximum Gasteiger partial charge on any atom is 0.331 e. The summed E-state index contributed by atoms with van der Waals surface area (Å²) in [5.74, 6) is -7.06. The Balaban J connectivity index is 2.00. The fraction of sp³-hybridized carbons (Fsp3) is 0.548. The van der Waals surface area contributed by atoms with Crippen molar-refractivity contribution < 1.29 is 43.7 Å². The summed E-state index contributed by atoms with van der Waals surface area (Å²) < 4.78 is 5.74. The molecule has 240 valence electrons. The number of aliphatic carboxylic acids is 1. The largest absolute Gasteiger partial charge is 0.481 e. The average Bonchev–Trinajstić information content (AvgIpc) is 3.44. The molecule has 1 aromatic carbocycles. The number of carbonyl (C=O) groups excluding carboxylic acids is 5. The molecule has 6 N–H and O–H groups in total. The third-order valence-corrected chi connectivity index (χ3v) is 7.96. The number of esters is 1. The van der Waals surface area contributed by atoms with Crippen molar-refractivity contribution in [1.82, 2.24) is 20.9 Å². The lowest BCUT2D eigenvalue weighted by Crippen LogP contribution is -2.58. The van der Waals surface area contributed by atoms with Gasteiger partial charge in [-0.15, -0.1) is 0 Å². The summed E-state index contributed by atoms with van der Waals surface area (Å²) in [4.78, 5) is 81.7. The highest BCUT2D eigenvalue weighted by atomic mass is 16.5. The fourth-order valence-electron chi connectivity index (χ4n) is 5.33. The number of carboxylic acids is 1. The van der Waals surface area contributed by atoms with Gasteiger partial charge in [0.05, 0.1) is 12.5 Å². The van der Waals surface area contributed by atoms with Crippen LogP contribution in [0.1, 0.15) is 76.1 Å². The number of aliphatic hydroxyl groups excluding tert-OH is 1. The molecule has 0 spiro atoms. The molecular weight excluding hydrogens is 572 g/mol. The van der Waals surface area contributed by atoms with Gasteiger partial charge in [0.2, 0.25) is 11.8 Å². The Labute approximate surface area is 255 Å². The summed E-state index contributed by atoms with van der Waals surface area (Å²) in [5.41, 5.74) is 0.671. The fourth-order valence-corrected chi connectivity index (χ4v) is 5.33. The highest BCUT2D eigenvalue weighted by Crippen LogP contribution is 2.25. The van der Waals surface area contributed by atoms with Crippen molar-refractivity contribution in [3.63, 3.8) is 0 Å². The first-order chi connectivity index (χ1) is 21.0. The first-order valence-corrected chi connectivity index (χ1v) is 15.0. The number of cyclic esters (lactones) is 1. The van der Waals surface area contributed by atoms with E-state index in [2.05, 4.69) is 27.9 Å². The number of unbranched alkanes of at least 4 members (excludes halogenated alkanes) is 3. The number of H-pyrrole nitrogens is 1. The molecule has 3 rings (SSSR count). The lowest BCUT2D eigenvalue weighted by Gasteiger charge is -2.31. The van der Waals surface area contributed by atoms with Gasteiger partial charge < -0.3 is 35.9 Å². The van der Waals surface area contributed by atoms with Gasteiger partial charge in [-0.2, -0.15) is 0 Å². The van der Waals surface area contributed by atoms with E-state index >= 15 is 0 Å². The van der Waals surface area contributed by atoms with E-state index in [0.717, 1.165) is 25.7 Å². The van der Waals surface area contributed by atoms with Crippen molar-refractivity contribution in [2.45, 2.75) is 89.9 Å². The van der Waals surface area contributed by atoms with E-state index in [-0.39, 0.29) is 17.9 Å². The maximum atomic E-state index is 13.7. The number of hydrogen-bond donors (Lipinski definition) is 6. The smallest absolute Gasteiger partial charge is 0.331 e. The number of fused-ring (bicyclic) bond motifs is 1. The number of aromatic amines is 1. The third kappa shape index (κ3) is 8.65. The van der Waals surface area contributed by atoms with E-state index in [1.807, 2.05) is 6.92 Å². The monoisotopic (exact) mass is 614 g/mol.